The summed E-state index contributed by atoms with van der Waals surface area (Å²) < 4.78 is 11.2. The van der Waals surface area contributed by atoms with Gasteiger partial charge in [-0.15, -0.1) is 0 Å². The summed E-state index contributed by atoms with van der Waals surface area (Å²) in [5.41, 5.74) is 1.74. The molecular formula is C20H22N2O4. The fourth-order valence-corrected chi connectivity index (χ4v) is 2.75. The first-order valence-electron chi connectivity index (χ1n) is 8.51. The van der Waals surface area contributed by atoms with E-state index < -0.39 is 6.10 Å². The second kappa shape index (κ2) is 7.07. The third-order valence-electron chi connectivity index (χ3n) is 4.05. The van der Waals surface area contributed by atoms with E-state index in [4.69, 9.17) is 9.47 Å². The molecule has 6 nitrogen and oxygen atoms in total. The van der Waals surface area contributed by atoms with Crippen molar-refractivity contribution in [2.24, 2.45) is 0 Å². The smallest absolute Gasteiger partial charge is 0.267 e. The van der Waals surface area contributed by atoms with Crippen LogP contribution < -0.4 is 19.7 Å². The lowest BCUT2D eigenvalue weighted by Gasteiger charge is -2.30. The van der Waals surface area contributed by atoms with Crippen LogP contribution in [0.2, 0.25) is 0 Å². The number of anilines is 2. The zero-order valence-electron chi connectivity index (χ0n) is 15.3. The summed E-state index contributed by atoms with van der Waals surface area (Å²) in [6, 6.07) is 12.2. The quantitative estimate of drug-likeness (QED) is 0.913. The molecule has 2 amide bonds. The zero-order chi connectivity index (χ0) is 18.8. The van der Waals surface area contributed by atoms with E-state index in [1.807, 2.05) is 13.8 Å². The molecule has 1 heterocycles. The van der Waals surface area contributed by atoms with E-state index in [2.05, 4.69) is 5.32 Å². The largest absolute Gasteiger partial charge is 0.491 e. The van der Waals surface area contributed by atoms with Gasteiger partial charge in [-0.25, -0.2) is 0 Å². The first-order chi connectivity index (χ1) is 12.3. The fraction of sp³-hybridized carbons (Fsp3) is 0.300. The average molecular weight is 354 g/mol. The minimum atomic E-state index is -0.514. The summed E-state index contributed by atoms with van der Waals surface area (Å²) in [6.07, 6.45) is -0.436. The van der Waals surface area contributed by atoms with Crippen molar-refractivity contribution in [2.45, 2.75) is 33.0 Å². The maximum Gasteiger partial charge on any atom is 0.267 e. The van der Waals surface area contributed by atoms with Crippen molar-refractivity contribution in [2.75, 3.05) is 17.3 Å². The molecule has 2 aromatic carbocycles. The number of rotatable bonds is 4. The highest BCUT2D eigenvalue weighted by atomic mass is 16.5. The van der Waals surface area contributed by atoms with Gasteiger partial charge in [0.15, 0.2) is 6.10 Å². The molecule has 6 heteroatoms. The number of benzene rings is 2. The summed E-state index contributed by atoms with van der Waals surface area (Å²) in [6.45, 7) is 5.61. The van der Waals surface area contributed by atoms with Crippen molar-refractivity contribution < 1.29 is 19.1 Å². The van der Waals surface area contributed by atoms with Crippen LogP contribution in [0.5, 0.6) is 11.5 Å². The van der Waals surface area contributed by atoms with Crippen LogP contribution in [0.15, 0.2) is 42.5 Å². The Kier molecular flexibility index (Phi) is 4.84. The molecule has 0 aliphatic carbocycles. The number of carbonyl (C=O) groups excluding carboxylic acids is 2. The van der Waals surface area contributed by atoms with Crippen LogP contribution in [-0.2, 0) is 4.79 Å². The van der Waals surface area contributed by atoms with E-state index in [9.17, 15) is 9.59 Å². The van der Waals surface area contributed by atoms with Gasteiger partial charge in [0.25, 0.3) is 11.8 Å². The number of likely N-dealkylation sites (N-methyl/N-ethyl adjacent to an activating group) is 1. The minimum Gasteiger partial charge on any atom is -0.491 e. The number of hydrogen-bond acceptors (Lipinski definition) is 4. The molecule has 0 aromatic heterocycles. The monoisotopic (exact) mass is 354 g/mol. The predicted octanol–water partition coefficient (Wildman–Crippen LogP) is 3.47. The minimum absolute atomic E-state index is 0.0785. The molecule has 1 atom stereocenters. The van der Waals surface area contributed by atoms with Gasteiger partial charge in [0, 0.05) is 18.3 Å². The summed E-state index contributed by atoms with van der Waals surface area (Å²) in [5, 5.41) is 2.84. The van der Waals surface area contributed by atoms with Gasteiger partial charge < -0.3 is 19.7 Å². The normalized spacial score (nSPS) is 16.1. The number of hydrogen-bond donors (Lipinski definition) is 1. The Hall–Kier alpha value is -3.02. The van der Waals surface area contributed by atoms with E-state index in [-0.39, 0.29) is 17.9 Å². The third-order valence-corrected chi connectivity index (χ3v) is 4.05. The summed E-state index contributed by atoms with van der Waals surface area (Å²) in [5.74, 6) is 0.978. The van der Waals surface area contributed by atoms with Crippen LogP contribution >= 0.6 is 0 Å². The molecule has 0 bridgehead atoms. The molecule has 136 valence electrons. The first kappa shape index (κ1) is 17.8. The van der Waals surface area contributed by atoms with Gasteiger partial charge in [-0.2, -0.15) is 0 Å². The number of nitrogens with one attached hydrogen (secondary N) is 1. The lowest BCUT2D eigenvalue weighted by Crippen LogP contribution is -2.41. The van der Waals surface area contributed by atoms with Crippen LogP contribution in [-0.4, -0.2) is 31.1 Å². The second-order valence-corrected chi connectivity index (χ2v) is 6.48. The summed E-state index contributed by atoms with van der Waals surface area (Å²) in [7, 11) is 1.69. The van der Waals surface area contributed by atoms with Crippen molar-refractivity contribution >= 4 is 23.2 Å². The SMILES string of the molecule is CC(C)Oc1ccc(C(=O)Nc2ccc3c(c2)N(C)C(=O)[C@@H](C)O3)cc1. The molecule has 0 saturated heterocycles. The highest BCUT2D eigenvalue weighted by molar-refractivity contribution is 6.05. The molecular weight excluding hydrogens is 332 g/mol. The third kappa shape index (κ3) is 3.64. The number of nitrogens with zero attached hydrogens (tertiary/aromatic N) is 1. The first-order valence-corrected chi connectivity index (χ1v) is 8.51. The van der Waals surface area contributed by atoms with Crippen molar-refractivity contribution in [1.29, 1.82) is 0 Å². The lowest BCUT2D eigenvalue weighted by atomic mass is 10.1. The Balaban J connectivity index is 1.75. The van der Waals surface area contributed by atoms with Gasteiger partial charge in [0.1, 0.15) is 11.5 Å². The predicted molar refractivity (Wildman–Crippen MR) is 100 cm³/mol. The van der Waals surface area contributed by atoms with Crippen LogP contribution in [0.25, 0.3) is 0 Å². The van der Waals surface area contributed by atoms with Crippen LogP contribution in [0.1, 0.15) is 31.1 Å². The molecule has 3 rings (SSSR count). The molecule has 0 fully saturated rings. The maximum absolute atomic E-state index is 12.4. The van der Waals surface area contributed by atoms with Gasteiger partial charge >= 0.3 is 0 Å². The van der Waals surface area contributed by atoms with Crippen LogP contribution in [0, 0.1) is 0 Å². The van der Waals surface area contributed by atoms with Crippen LogP contribution in [0.4, 0.5) is 11.4 Å². The molecule has 1 aliphatic heterocycles. The van der Waals surface area contributed by atoms with Crippen LogP contribution in [0.3, 0.4) is 0 Å². The van der Waals surface area contributed by atoms with E-state index in [1.54, 1.807) is 56.4 Å². The Morgan fingerprint density at radius 2 is 1.88 bits per heavy atom. The van der Waals surface area contributed by atoms with E-state index in [0.29, 0.717) is 22.7 Å². The Bertz CT molecular complexity index is 830. The summed E-state index contributed by atoms with van der Waals surface area (Å²) in [4.78, 5) is 26.0. The molecule has 0 unspecified atom stereocenters. The van der Waals surface area contributed by atoms with Gasteiger partial charge in [0.05, 0.1) is 11.8 Å². The Morgan fingerprint density at radius 1 is 1.19 bits per heavy atom. The topological polar surface area (TPSA) is 67.9 Å². The standard InChI is InChI=1S/C20H22N2O4/c1-12(2)25-16-8-5-14(6-9-16)19(23)21-15-7-10-18-17(11-15)22(4)20(24)13(3)26-18/h5-13H,1-4H3,(H,21,23)/t13-/m1/s1. The molecule has 26 heavy (non-hydrogen) atoms. The highest BCUT2D eigenvalue weighted by Crippen LogP contribution is 2.35. The van der Waals surface area contributed by atoms with Crippen molar-refractivity contribution in [1.82, 2.24) is 0 Å². The van der Waals surface area contributed by atoms with Gasteiger partial charge in [-0.1, -0.05) is 0 Å². The van der Waals surface area contributed by atoms with Gasteiger partial charge in [0.2, 0.25) is 0 Å². The maximum atomic E-state index is 12.4. The van der Waals surface area contributed by atoms with E-state index in [0.717, 1.165) is 5.75 Å². The molecule has 0 radical (unpaired) electrons. The second-order valence-electron chi connectivity index (χ2n) is 6.48. The average Bonchev–Trinajstić information content (AvgIpc) is 2.60. The molecule has 1 N–H and O–H groups in total. The molecule has 1 aliphatic rings. The number of amides is 2. The highest BCUT2D eigenvalue weighted by Gasteiger charge is 2.29. The van der Waals surface area contributed by atoms with Gasteiger partial charge in [-0.05, 0) is 63.2 Å². The molecule has 2 aromatic rings. The molecule has 0 saturated carbocycles. The Labute approximate surface area is 152 Å². The molecule has 0 spiro atoms. The zero-order valence-corrected chi connectivity index (χ0v) is 15.3. The van der Waals surface area contributed by atoms with Crippen molar-refractivity contribution in [3.05, 3.63) is 48.0 Å². The van der Waals surface area contributed by atoms with E-state index >= 15 is 0 Å². The fourth-order valence-electron chi connectivity index (χ4n) is 2.75. The number of fused-ring (bicyclic) bond motifs is 1. The van der Waals surface area contributed by atoms with E-state index in [1.165, 1.54) is 4.90 Å². The lowest BCUT2D eigenvalue weighted by molar-refractivity contribution is -0.125. The number of carbonyl (C=O) groups is 2. The number of ether oxygens (including phenoxy) is 2. The van der Waals surface area contributed by atoms with Crippen molar-refractivity contribution in [3.8, 4) is 11.5 Å². The van der Waals surface area contributed by atoms with Crippen molar-refractivity contribution in [3.63, 3.8) is 0 Å². The summed E-state index contributed by atoms with van der Waals surface area (Å²) >= 11 is 0. The Morgan fingerprint density at radius 3 is 2.54 bits per heavy atom. The van der Waals surface area contributed by atoms with Gasteiger partial charge in [-0.3, -0.25) is 9.59 Å².